The van der Waals surface area contributed by atoms with Crippen LogP contribution in [0.25, 0.3) is 0 Å². The third kappa shape index (κ3) is 6.28. The summed E-state index contributed by atoms with van der Waals surface area (Å²) in [6.07, 6.45) is -3.81. The highest BCUT2D eigenvalue weighted by Crippen LogP contribution is 2.28. The fourth-order valence-electron chi connectivity index (χ4n) is 2.58. The van der Waals surface area contributed by atoms with Gasteiger partial charge in [0.25, 0.3) is 0 Å². The molecule has 0 aliphatic carbocycles. The van der Waals surface area contributed by atoms with Crippen molar-refractivity contribution in [2.24, 2.45) is 5.92 Å². The first-order valence-corrected chi connectivity index (χ1v) is 9.50. The minimum atomic E-state index is -3.83. The highest BCUT2D eigenvalue weighted by atomic mass is 32.2. The van der Waals surface area contributed by atoms with Crippen molar-refractivity contribution in [3.05, 3.63) is 0 Å². The average Bonchev–Trinajstić information content (AvgIpc) is 2.38. The minimum Gasteiger partial charge on any atom is -0.456 e. The maximum atomic E-state index is 12.6. The molecular weight excluding hydrogens is 356 g/mol. The van der Waals surface area contributed by atoms with E-state index < -0.39 is 51.5 Å². The second-order valence-electron chi connectivity index (χ2n) is 6.22. The number of carbonyl (C=O) groups is 3. The van der Waals surface area contributed by atoms with E-state index in [1.807, 2.05) is 0 Å². The second-order valence-corrected chi connectivity index (χ2v) is 8.34. The number of sulfone groups is 1. The van der Waals surface area contributed by atoms with E-state index in [0.29, 0.717) is 0 Å². The molecule has 1 fully saturated rings. The van der Waals surface area contributed by atoms with Crippen molar-refractivity contribution in [3.8, 4) is 0 Å². The molecule has 4 atom stereocenters. The van der Waals surface area contributed by atoms with E-state index in [9.17, 15) is 22.8 Å². The fourth-order valence-corrected chi connectivity index (χ4v) is 4.60. The lowest BCUT2D eigenvalue weighted by Gasteiger charge is -2.40. The summed E-state index contributed by atoms with van der Waals surface area (Å²) in [5.74, 6) is -2.58. The second kappa shape index (κ2) is 8.61. The van der Waals surface area contributed by atoms with Gasteiger partial charge in [-0.25, -0.2) is 8.42 Å². The predicted molar refractivity (Wildman–Crippen MR) is 85.0 cm³/mol. The van der Waals surface area contributed by atoms with Crippen LogP contribution in [0.15, 0.2) is 0 Å². The summed E-state index contributed by atoms with van der Waals surface area (Å²) in [7, 11) is -3.83. The quantitative estimate of drug-likeness (QED) is 0.470. The van der Waals surface area contributed by atoms with Crippen molar-refractivity contribution in [2.75, 3.05) is 12.4 Å². The van der Waals surface area contributed by atoms with Gasteiger partial charge in [-0.05, 0) is 5.92 Å². The van der Waals surface area contributed by atoms with E-state index in [1.165, 1.54) is 0 Å². The van der Waals surface area contributed by atoms with E-state index in [4.69, 9.17) is 18.9 Å². The molecule has 0 amide bonds. The van der Waals surface area contributed by atoms with Gasteiger partial charge in [-0.15, -0.1) is 0 Å². The standard InChI is InChI=1S/C15H24O9S/c1-8(2)7-25(19,20)15-14(24-11(5)18)13(23-10(4)17)12(6-21-15)22-9(3)16/h8,12-15H,6-7H2,1-5H3/t12-,13-,14+,15?/m1/s1. The SMILES string of the molecule is CC(=O)O[C@H]1[C@H](OC(C)=O)C(S(=O)(=O)CC(C)C)OC[C@H]1OC(C)=O. The molecular formula is C15H24O9S. The van der Waals surface area contributed by atoms with Crippen LogP contribution in [0.3, 0.4) is 0 Å². The maximum absolute atomic E-state index is 12.6. The molecule has 0 aromatic carbocycles. The first-order valence-electron chi connectivity index (χ1n) is 7.79. The lowest BCUT2D eigenvalue weighted by molar-refractivity contribution is -0.214. The van der Waals surface area contributed by atoms with E-state index in [-0.39, 0.29) is 18.3 Å². The number of ether oxygens (including phenoxy) is 4. The smallest absolute Gasteiger partial charge is 0.303 e. The summed E-state index contributed by atoms with van der Waals surface area (Å²) < 4.78 is 45.7. The van der Waals surface area contributed by atoms with Gasteiger partial charge in [0, 0.05) is 20.8 Å². The van der Waals surface area contributed by atoms with Gasteiger partial charge in [0.15, 0.2) is 33.6 Å². The van der Waals surface area contributed by atoms with E-state index >= 15 is 0 Å². The lowest BCUT2D eigenvalue weighted by atomic mass is 10.1. The van der Waals surface area contributed by atoms with Crippen LogP contribution in [-0.4, -0.2) is 62.4 Å². The summed E-state index contributed by atoms with van der Waals surface area (Å²) in [6.45, 7) is 6.47. The predicted octanol–water partition coefficient (Wildman–Crippen LogP) is 0.209. The monoisotopic (exact) mass is 380 g/mol. The van der Waals surface area contributed by atoms with Crippen molar-refractivity contribution < 1.29 is 41.7 Å². The van der Waals surface area contributed by atoms with Gasteiger partial charge >= 0.3 is 17.9 Å². The van der Waals surface area contributed by atoms with Crippen LogP contribution in [0, 0.1) is 5.92 Å². The summed E-state index contributed by atoms with van der Waals surface area (Å²) in [4.78, 5) is 34.1. The molecule has 0 bridgehead atoms. The van der Waals surface area contributed by atoms with Gasteiger partial charge in [0.05, 0.1) is 12.4 Å². The normalized spacial score (nSPS) is 26.8. The zero-order chi connectivity index (χ0) is 19.4. The minimum absolute atomic E-state index is 0.190. The average molecular weight is 380 g/mol. The summed E-state index contributed by atoms with van der Waals surface area (Å²) in [6, 6.07) is 0. The molecule has 1 aliphatic rings. The molecule has 0 N–H and O–H groups in total. The van der Waals surface area contributed by atoms with Gasteiger partial charge < -0.3 is 18.9 Å². The summed E-state index contributed by atoms with van der Waals surface area (Å²) in [5, 5.41) is 0. The maximum Gasteiger partial charge on any atom is 0.303 e. The van der Waals surface area contributed by atoms with Gasteiger partial charge in [-0.1, -0.05) is 13.8 Å². The third-order valence-corrected chi connectivity index (χ3v) is 5.47. The Morgan fingerprint density at radius 3 is 1.88 bits per heavy atom. The first kappa shape index (κ1) is 21.4. The number of carbonyl (C=O) groups excluding carboxylic acids is 3. The molecule has 0 aromatic heterocycles. The Labute approximate surface area is 146 Å². The van der Waals surface area contributed by atoms with Crippen molar-refractivity contribution >= 4 is 27.7 Å². The van der Waals surface area contributed by atoms with Gasteiger partial charge in [0.1, 0.15) is 0 Å². The molecule has 0 radical (unpaired) electrons. The van der Waals surface area contributed by atoms with E-state index in [0.717, 1.165) is 20.8 Å². The molecule has 0 aromatic rings. The Balaban J connectivity index is 3.24. The summed E-state index contributed by atoms with van der Waals surface area (Å²) in [5.41, 5.74) is -1.52. The zero-order valence-electron chi connectivity index (χ0n) is 14.9. The highest BCUT2D eigenvalue weighted by molar-refractivity contribution is 7.91. The first-order chi connectivity index (χ1) is 11.4. The van der Waals surface area contributed by atoms with Crippen LogP contribution in [0.1, 0.15) is 34.6 Å². The Morgan fingerprint density at radius 2 is 1.44 bits per heavy atom. The molecule has 9 nitrogen and oxygen atoms in total. The fraction of sp³-hybridized carbons (Fsp3) is 0.800. The van der Waals surface area contributed by atoms with Crippen molar-refractivity contribution in [3.63, 3.8) is 0 Å². The third-order valence-electron chi connectivity index (χ3n) is 3.22. The summed E-state index contributed by atoms with van der Waals surface area (Å²) >= 11 is 0. The molecule has 0 spiro atoms. The topological polar surface area (TPSA) is 122 Å². The molecule has 1 rings (SSSR count). The van der Waals surface area contributed by atoms with Crippen molar-refractivity contribution in [2.45, 2.75) is 58.4 Å². The van der Waals surface area contributed by atoms with E-state index in [1.54, 1.807) is 13.8 Å². The molecule has 1 heterocycles. The van der Waals surface area contributed by atoms with Crippen LogP contribution in [0.4, 0.5) is 0 Å². The molecule has 1 aliphatic heterocycles. The van der Waals surface area contributed by atoms with Gasteiger partial charge in [-0.2, -0.15) is 0 Å². The molecule has 1 saturated heterocycles. The van der Waals surface area contributed by atoms with Crippen LogP contribution in [-0.2, 0) is 43.2 Å². The van der Waals surface area contributed by atoms with Crippen LogP contribution < -0.4 is 0 Å². The molecule has 0 saturated carbocycles. The number of hydrogen-bond acceptors (Lipinski definition) is 9. The van der Waals surface area contributed by atoms with Gasteiger partial charge in [-0.3, -0.25) is 14.4 Å². The Bertz CT molecular complexity index is 610. The number of rotatable bonds is 6. The van der Waals surface area contributed by atoms with Crippen molar-refractivity contribution in [1.82, 2.24) is 0 Å². The largest absolute Gasteiger partial charge is 0.456 e. The molecule has 1 unspecified atom stereocenters. The van der Waals surface area contributed by atoms with Gasteiger partial charge in [0.2, 0.25) is 0 Å². The molecule has 25 heavy (non-hydrogen) atoms. The Morgan fingerprint density at radius 1 is 0.960 bits per heavy atom. The number of hydrogen-bond donors (Lipinski definition) is 0. The number of esters is 3. The Hall–Kier alpha value is -1.68. The van der Waals surface area contributed by atoms with Crippen LogP contribution in [0.2, 0.25) is 0 Å². The molecule has 10 heteroatoms. The van der Waals surface area contributed by atoms with E-state index in [2.05, 4.69) is 0 Å². The molecule has 144 valence electrons. The lowest BCUT2D eigenvalue weighted by Crippen LogP contribution is -2.59. The van der Waals surface area contributed by atoms with Crippen LogP contribution in [0.5, 0.6) is 0 Å². The van der Waals surface area contributed by atoms with Crippen LogP contribution >= 0.6 is 0 Å². The van der Waals surface area contributed by atoms with Crippen molar-refractivity contribution in [1.29, 1.82) is 0 Å². The highest BCUT2D eigenvalue weighted by Gasteiger charge is 2.51. The Kier molecular flexibility index (Phi) is 7.36. The zero-order valence-corrected chi connectivity index (χ0v) is 15.7.